The van der Waals surface area contributed by atoms with Gasteiger partial charge in [0.25, 0.3) is 6.20 Å². The van der Waals surface area contributed by atoms with Crippen molar-refractivity contribution in [3.8, 4) is 0 Å². The molecule has 0 fully saturated rings. The highest BCUT2D eigenvalue weighted by molar-refractivity contribution is 6.29. The van der Waals surface area contributed by atoms with Crippen LogP contribution in [0.2, 0.25) is 10.3 Å². The molecule has 0 aliphatic carbocycles. The molecule has 2 heterocycles. The standard InChI is InChI=1S/C13H18ClN5O2.C10H13ClN4O2/c1-15-13(11(19(20)21)9-17(2)3)18(4)8-10-5-6-12(14)16-7-10;1-12-10(7-15(16)17)14(2)6-8-3-4-9(11)13-5-8/h5-7,9H,8H2,1-4H3;3-5,7,12H,6H2,1-2H3/b11-9+,15-13?;10-7+. The van der Waals surface area contributed by atoms with Gasteiger partial charge in [-0.1, -0.05) is 35.3 Å². The number of pyridine rings is 2. The molecule has 0 radical (unpaired) electrons. The van der Waals surface area contributed by atoms with Crippen molar-refractivity contribution < 1.29 is 9.85 Å². The lowest BCUT2D eigenvalue weighted by Crippen LogP contribution is -2.31. The summed E-state index contributed by atoms with van der Waals surface area (Å²) in [5, 5.41) is 25.2. The van der Waals surface area contributed by atoms with E-state index < -0.39 is 9.85 Å². The van der Waals surface area contributed by atoms with E-state index >= 15 is 0 Å². The van der Waals surface area contributed by atoms with Crippen LogP contribution in [0.15, 0.2) is 65.6 Å². The SMILES string of the molecule is CN/C(=C\[N+](=O)[O-])N(C)Cc1ccc(Cl)nc1.CN=C(/C(=C\N(C)C)[N+](=O)[O-])N(C)Cc1ccc(Cl)nc1. The van der Waals surface area contributed by atoms with Crippen LogP contribution in [0.5, 0.6) is 0 Å². The summed E-state index contributed by atoms with van der Waals surface area (Å²) >= 11 is 11.4. The van der Waals surface area contributed by atoms with E-state index in [1.807, 2.05) is 12.1 Å². The number of aromatic nitrogens is 2. The van der Waals surface area contributed by atoms with Crippen LogP contribution in [0.4, 0.5) is 0 Å². The third-order valence-electron chi connectivity index (χ3n) is 4.69. The van der Waals surface area contributed by atoms with Crippen LogP contribution >= 0.6 is 23.2 Å². The molecule has 2 aromatic rings. The average Bonchev–Trinajstić information content (AvgIpc) is 2.85. The number of hydrogen-bond acceptors (Lipinski definition) is 10. The van der Waals surface area contributed by atoms with E-state index in [0.29, 0.717) is 35.1 Å². The molecule has 0 aromatic carbocycles. The van der Waals surface area contributed by atoms with Crippen LogP contribution in [-0.2, 0) is 13.1 Å². The first kappa shape index (κ1) is 32.1. The number of nitrogens with one attached hydrogen (secondary N) is 1. The van der Waals surface area contributed by atoms with E-state index in [9.17, 15) is 20.2 Å². The summed E-state index contributed by atoms with van der Waals surface area (Å²) in [6, 6.07) is 7.00. The predicted octanol–water partition coefficient (Wildman–Crippen LogP) is 3.34. The van der Waals surface area contributed by atoms with Crippen molar-refractivity contribution in [1.29, 1.82) is 0 Å². The number of nitro groups is 2. The molecular formula is C23H31Cl2N9O4. The Labute approximate surface area is 231 Å². The lowest BCUT2D eigenvalue weighted by Gasteiger charge is -2.19. The van der Waals surface area contributed by atoms with Crippen LogP contribution in [0, 0.1) is 20.2 Å². The van der Waals surface area contributed by atoms with E-state index in [4.69, 9.17) is 23.2 Å². The van der Waals surface area contributed by atoms with Crippen molar-refractivity contribution in [3.05, 3.63) is 102 Å². The van der Waals surface area contributed by atoms with Crippen molar-refractivity contribution in [2.24, 2.45) is 4.99 Å². The highest BCUT2D eigenvalue weighted by Gasteiger charge is 2.23. The first-order chi connectivity index (χ1) is 17.9. The number of halogens is 2. The molecular weight excluding hydrogens is 537 g/mol. The van der Waals surface area contributed by atoms with Crippen LogP contribution < -0.4 is 5.32 Å². The van der Waals surface area contributed by atoms with Gasteiger partial charge in [0.05, 0.1) is 16.0 Å². The van der Waals surface area contributed by atoms with Crippen molar-refractivity contribution in [3.63, 3.8) is 0 Å². The van der Waals surface area contributed by atoms with Crippen molar-refractivity contribution in [2.75, 3.05) is 42.3 Å². The van der Waals surface area contributed by atoms with Gasteiger partial charge in [0, 0.05) is 67.8 Å². The van der Waals surface area contributed by atoms with Gasteiger partial charge in [-0.3, -0.25) is 25.2 Å². The Bertz CT molecular complexity index is 1150. The first-order valence-corrected chi connectivity index (χ1v) is 11.8. The molecule has 0 aliphatic heterocycles. The van der Waals surface area contributed by atoms with Gasteiger partial charge in [-0.15, -0.1) is 0 Å². The molecule has 0 atom stereocenters. The molecule has 0 aliphatic rings. The summed E-state index contributed by atoms with van der Waals surface area (Å²) in [6.07, 6.45) is 5.62. The Kier molecular flexibility index (Phi) is 13.5. The molecule has 1 N–H and O–H groups in total. The second-order valence-corrected chi connectivity index (χ2v) is 8.80. The van der Waals surface area contributed by atoms with Crippen LogP contribution in [-0.4, -0.2) is 82.6 Å². The molecule has 13 nitrogen and oxygen atoms in total. The molecule has 2 aromatic heterocycles. The minimum Gasteiger partial charge on any atom is -0.378 e. The summed E-state index contributed by atoms with van der Waals surface area (Å²) in [4.78, 5) is 37.7. The number of likely N-dealkylation sites (N-methyl/N-ethyl adjacent to an activating group) is 1. The Morgan fingerprint density at radius 3 is 1.82 bits per heavy atom. The maximum atomic E-state index is 11.2. The molecule has 0 spiro atoms. The second kappa shape index (κ2) is 16.0. The van der Waals surface area contributed by atoms with Gasteiger partial charge < -0.3 is 20.0 Å². The topological polar surface area (TPSA) is 146 Å². The van der Waals surface area contributed by atoms with Crippen molar-refractivity contribution >= 4 is 29.0 Å². The van der Waals surface area contributed by atoms with E-state index in [2.05, 4.69) is 20.3 Å². The fourth-order valence-electron chi connectivity index (χ4n) is 3.07. The summed E-state index contributed by atoms with van der Waals surface area (Å²) in [5.41, 5.74) is 1.74. The number of aliphatic imine (C=N–C) groups is 1. The Hall–Kier alpha value is -3.97. The first-order valence-electron chi connectivity index (χ1n) is 11.0. The fourth-order valence-corrected chi connectivity index (χ4v) is 3.30. The van der Waals surface area contributed by atoms with E-state index in [0.717, 1.165) is 17.3 Å². The van der Waals surface area contributed by atoms with Gasteiger partial charge in [-0.05, 0) is 23.3 Å². The molecule has 0 saturated carbocycles. The molecule has 2 rings (SSSR count). The Morgan fingerprint density at radius 2 is 1.47 bits per heavy atom. The zero-order valence-corrected chi connectivity index (χ0v) is 23.5. The maximum absolute atomic E-state index is 11.2. The Morgan fingerprint density at radius 1 is 0.974 bits per heavy atom. The number of amidine groups is 1. The van der Waals surface area contributed by atoms with Gasteiger partial charge in [0.15, 0.2) is 5.82 Å². The lowest BCUT2D eigenvalue weighted by atomic mass is 10.2. The zero-order chi connectivity index (χ0) is 28.8. The van der Waals surface area contributed by atoms with Crippen molar-refractivity contribution in [2.45, 2.75) is 13.1 Å². The predicted molar refractivity (Wildman–Crippen MR) is 148 cm³/mol. The number of rotatable bonds is 10. The van der Waals surface area contributed by atoms with Crippen molar-refractivity contribution in [1.82, 2.24) is 30.0 Å². The maximum Gasteiger partial charge on any atom is 0.326 e. The Balaban J connectivity index is 0.000000389. The van der Waals surface area contributed by atoms with Crippen LogP contribution in [0.25, 0.3) is 0 Å². The van der Waals surface area contributed by atoms with Crippen LogP contribution in [0.3, 0.4) is 0 Å². The molecule has 206 valence electrons. The van der Waals surface area contributed by atoms with E-state index in [1.165, 1.54) is 13.2 Å². The molecule has 38 heavy (non-hydrogen) atoms. The normalized spacial score (nSPS) is 11.7. The minimum atomic E-state index is -0.498. The smallest absolute Gasteiger partial charge is 0.326 e. The lowest BCUT2D eigenvalue weighted by molar-refractivity contribution is -0.416. The number of nitrogens with zero attached hydrogens (tertiary/aromatic N) is 8. The minimum absolute atomic E-state index is 0.0630. The molecule has 0 unspecified atom stereocenters. The van der Waals surface area contributed by atoms with Gasteiger partial charge >= 0.3 is 5.70 Å². The fraction of sp³-hybridized carbons (Fsp3) is 0.348. The summed E-state index contributed by atoms with van der Waals surface area (Å²) in [5.74, 6) is 0.716. The van der Waals surface area contributed by atoms with Gasteiger partial charge in [0.1, 0.15) is 10.3 Å². The zero-order valence-electron chi connectivity index (χ0n) is 22.0. The monoisotopic (exact) mass is 567 g/mol. The third kappa shape index (κ3) is 11.4. The largest absolute Gasteiger partial charge is 0.378 e. The average molecular weight is 568 g/mol. The summed E-state index contributed by atoms with van der Waals surface area (Å²) < 4.78 is 0. The molecule has 0 bridgehead atoms. The van der Waals surface area contributed by atoms with E-state index in [1.54, 1.807) is 74.5 Å². The van der Waals surface area contributed by atoms with Gasteiger partial charge in [-0.2, -0.15) is 0 Å². The highest BCUT2D eigenvalue weighted by atomic mass is 35.5. The number of hydrogen-bond donors (Lipinski definition) is 1. The second-order valence-electron chi connectivity index (χ2n) is 8.02. The summed E-state index contributed by atoms with van der Waals surface area (Å²) in [6.45, 7) is 0.945. The molecule has 15 heteroatoms. The van der Waals surface area contributed by atoms with Gasteiger partial charge in [0.2, 0.25) is 5.84 Å². The molecule has 0 amide bonds. The third-order valence-corrected chi connectivity index (χ3v) is 5.14. The quantitative estimate of drug-likeness (QED) is 0.149. The molecule has 0 saturated heterocycles. The highest BCUT2D eigenvalue weighted by Crippen LogP contribution is 2.12. The van der Waals surface area contributed by atoms with Crippen LogP contribution in [0.1, 0.15) is 11.1 Å². The van der Waals surface area contributed by atoms with Gasteiger partial charge in [-0.25, -0.2) is 9.97 Å². The summed E-state index contributed by atoms with van der Waals surface area (Å²) in [7, 11) is 10.1. The van der Waals surface area contributed by atoms with E-state index in [-0.39, 0.29) is 5.70 Å².